The number of amides is 1. The Morgan fingerprint density at radius 2 is 2.50 bits per heavy atom. The Kier molecular flexibility index (Phi) is 2.87. The number of rotatable bonds is 3. The highest BCUT2D eigenvalue weighted by Crippen LogP contribution is 2.31. The molecule has 16 heavy (non-hydrogen) atoms. The van der Waals surface area contributed by atoms with Crippen molar-refractivity contribution in [3.05, 3.63) is 35.9 Å². The van der Waals surface area contributed by atoms with E-state index in [0.717, 1.165) is 4.70 Å². The lowest BCUT2D eigenvalue weighted by Crippen LogP contribution is -2.22. The van der Waals surface area contributed by atoms with Crippen LogP contribution in [0.1, 0.15) is 9.67 Å². The van der Waals surface area contributed by atoms with E-state index in [1.807, 2.05) is 12.1 Å². The molecule has 0 aromatic carbocycles. The molecular formula is C11H11N3OS. The zero-order valence-electron chi connectivity index (χ0n) is 8.56. The lowest BCUT2D eigenvalue weighted by atomic mass is 10.3. The van der Waals surface area contributed by atoms with E-state index in [1.54, 1.807) is 12.3 Å². The van der Waals surface area contributed by atoms with Crippen molar-refractivity contribution in [2.24, 2.45) is 0 Å². The van der Waals surface area contributed by atoms with Gasteiger partial charge >= 0.3 is 0 Å². The molecule has 1 amide bonds. The van der Waals surface area contributed by atoms with Crippen molar-refractivity contribution in [2.45, 2.75) is 0 Å². The summed E-state index contributed by atoms with van der Waals surface area (Å²) in [6, 6.07) is 3.72. The van der Waals surface area contributed by atoms with Gasteiger partial charge < -0.3 is 11.1 Å². The lowest BCUT2D eigenvalue weighted by Gasteiger charge is -1.99. The van der Waals surface area contributed by atoms with Crippen LogP contribution in [-0.4, -0.2) is 17.4 Å². The molecule has 0 aliphatic rings. The van der Waals surface area contributed by atoms with Gasteiger partial charge in [0.05, 0.1) is 10.4 Å². The van der Waals surface area contributed by atoms with Crippen molar-refractivity contribution in [2.75, 3.05) is 12.3 Å². The molecule has 0 aliphatic heterocycles. The van der Waals surface area contributed by atoms with Crippen molar-refractivity contribution < 1.29 is 4.79 Å². The van der Waals surface area contributed by atoms with E-state index in [1.165, 1.54) is 11.3 Å². The number of carbonyl (C=O) groups is 1. The van der Waals surface area contributed by atoms with Crippen molar-refractivity contribution in [1.29, 1.82) is 0 Å². The van der Waals surface area contributed by atoms with E-state index in [-0.39, 0.29) is 5.91 Å². The smallest absolute Gasteiger partial charge is 0.263 e. The van der Waals surface area contributed by atoms with Gasteiger partial charge in [-0.25, -0.2) is 0 Å². The molecule has 0 spiro atoms. The molecule has 0 atom stereocenters. The Balaban J connectivity index is 2.41. The summed E-state index contributed by atoms with van der Waals surface area (Å²) in [5.41, 5.74) is 7.01. The monoisotopic (exact) mass is 233 g/mol. The summed E-state index contributed by atoms with van der Waals surface area (Å²) in [7, 11) is 0. The van der Waals surface area contributed by atoms with Gasteiger partial charge in [-0.3, -0.25) is 9.78 Å². The summed E-state index contributed by atoms with van der Waals surface area (Å²) in [4.78, 5) is 16.4. The minimum Gasteiger partial charge on any atom is -0.396 e. The highest BCUT2D eigenvalue weighted by atomic mass is 32.1. The number of anilines is 1. The van der Waals surface area contributed by atoms with Crippen molar-refractivity contribution in [3.63, 3.8) is 0 Å². The van der Waals surface area contributed by atoms with Crippen LogP contribution in [0.4, 0.5) is 5.69 Å². The first-order chi connectivity index (χ1) is 7.74. The summed E-state index contributed by atoms with van der Waals surface area (Å²) in [5, 5.41) is 2.70. The molecule has 0 saturated heterocycles. The molecule has 0 saturated carbocycles. The van der Waals surface area contributed by atoms with E-state index in [4.69, 9.17) is 5.73 Å². The molecule has 0 unspecified atom stereocenters. The number of carbonyl (C=O) groups excluding carboxylic acids is 1. The van der Waals surface area contributed by atoms with E-state index >= 15 is 0 Å². The molecule has 0 bridgehead atoms. The molecule has 2 aromatic heterocycles. The first-order valence-corrected chi connectivity index (χ1v) is 5.57. The van der Waals surface area contributed by atoms with Crippen LogP contribution in [0.2, 0.25) is 0 Å². The van der Waals surface area contributed by atoms with Gasteiger partial charge in [0.2, 0.25) is 0 Å². The first kappa shape index (κ1) is 10.6. The number of nitrogens with one attached hydrogen (secondary N) is 1. The number of aromatic nitrogens is 1. The molecule has 2 aromatic rings. The van der Waals surface area contributed by atoms with E-state index in [2.05, 4.69) is 16.9 Å². The van der Waals surface area contributed by atoms with E-state index in [0.29, 0.717) is 22.6 Å². The molecular weight excluding hydrogens is 222 g/mol. The van der Waals surface area contributed by atoms with Crippen molar-refractivity contribution >= 4 is 33.1 Å². The van der Waals surface area contributed by atoms with Gasteiger partial charge in [-0.1, -0.05) is 6.08 Å². The number of nitrogens with two attached hydrogens (primary N) is 1. The molecule has 0 radical (unpaired) electrons. The first-order valence-electron chi connectivity index (χ1n) is 4.76. The van der Waals surface area contributed by atoms with Crippen LogP contribution in [-0.2, 0) is 0 Å². The SMILES string of the molecule is C=CCNC(=O)c1sc2cccnc2c1N. The average Bonchev–Trinajstić information content (AvgIpc) is 2.64. The fourth-order valence-electron chi connectivity index (χ4n) is 1.36. The van der Waals surface area contributed by atoms with Gasteiger partial charge in [-0.05, 0) is 12.1 Å². The van der Waals surface area contributed by atoms with Crippen LogP contribution in [0, 0.1) is 0 Å². The summed E-state index contributed by atoms with van der Waals surface area (Å²) < 4.78 is 0.920. The van der Waals surface area contributed by atoms with Gasteiger partial charge in [0.25, 0.3) is 5.91 Å². The predicted octanol–water partition coefficient (Wildman–Crippen LogP) is 1.79. The molecule has 3 N–H and O–H groups in total. The third kappa shape index (κ3) is 1.77. The zero-order chi connectivity index (χ0) is 11.5. The molecule has 82 valence electrons. The quantitative estimate of drug-likeness (QED) is 0.794. The third-order valence-corrected chi connectivity index (χ3v) is 3.25. The second-order valence-electron chi connectivity index (χ2n) is 3.19. The van der Waals surface area contributed by atoms with Gasteiger partial charge in [0.1, 0.15) is 10.4 Å². The Labute approximate surface area is 96.8 Å². The molecule has 2 rings (SSSR count). The minimum absolute atomic E-state index is 0.180. The largest absolute Gasteiger partial charge is 0.396 e. The summed E-state index contributed by atoms with van der Waals surface area (Å²) >= 11 is 1.35. The van der Waals surface area contributed by atoms with Crippen molar-refractivity contribution in [1.82, 2.24) is 10.3 Å². The van der Waals surface area contributed by atoms with E-state index < -0.39 is 0 Å². The van der Waals surface area contributed by atoms with E-state index in [9.17, 15) is 4.79 Å². The molecule has 4 nitrogen and oxygen atoms in total. The standard InChI is InChI=1S/C11H11N3OS/c1-2-5-14-11(15)10-8(12)9-7(16-10)4-3-6-13-9/h2-4,6H,1,5,12H2,(H,14,15). The van der Waals surface area contributed by atoms with Crippen LogP contribution in [0.3, 0.4) is 0 Å². The number of hydrogen-bond donors (Lipinski definition) is 2. The fourth-order valence-corrected chi connectivity index (χ4v) is 2.36. The maximum atomic E-state index is 11.7. The molecule has 0 aliphatic carbocycles. The Bertz CT molecular complexity index is 547. The van der Waals surface area contributed by atoms with Crippen LogP contribution in [0.15, 0.2) is 31.0 Å². The lowest BCUT2D eigenvalue weighted by molar-refractivity contribution is 0.0963. The van der Waals surface area contributed by atoms with Crippen LogP contribution >= 0.6 is 11.3 Å². The van der Waals surface area contributed by atoms with Gasteiger partial charge in [0.15, 0.2) is 0 Å². The number of fused-ring (bicyclic) bond motifs is 1. The topological polar surface area (TPSA) is 68.0 Å². The normalized spacial score (nSPS) is 10.2. The molecule has 2 heterocycles. The summed E-state index contributed by atoms with van der Waals surface area (Å²) in [5.74, 6) is -0.180. The van der Waals surface area contributed by atoms with Gasteiger partial charge in [0, 0.05) is 12.7 Å². The predicted molar refractivity (Wildman–Crippen MR) is 66.6 cm³/mol. The average molecular weight is 233 g/mol. The second-order valence-corrected chi connectivity index (χ2v) is 4.25. The highest BCUT2D eigenvalue weighted by Gasteiger charge is 2.15. The van der Waals surface area contributed by atoms with Crippen LogP contribution in [0.5, 0.6) is 0 Å². The highest BCUT2D eigenvalue weighted by molar-refractivity contribution is 7.21. The van der Waals surface area contributed by atoms with Gasteiger partial charge in [-0.15, -0.1) is 17.9 Å². The summed E-state index contributed by atoms with van der Waals surface area (Å²) in [6.07, 6.45) is 3.29. The Morgan fingerprint density at radius 1 is 1.69 bits per heavy atom. The summed E-state index contributed by atoms with van der Waals surface area (Å²) in [6.45, 7) is 3.97. The maximum absolute atomic E-state index is 11.7. The zero-order valence-corrected chi connectivity index (χ0v) is 9.38. The molecule has 5 heteroatoms. The molecule has 0 fully saturated rings. The Hall–Kier alpha value is -1.88. The Morgan fingerprint density at radius 3 is 3.19 bits per heavy atom. The number of pyridine rings is 1. The minimum atomic E-state index is -0.180. The van der Waals surface area contributed by atoms with Crippen LogP contribution < -0.4 is 11.1 Å². The second kappa shape index (κ2) is 4.32. The van der Waals surface area contributed by atoms with Crippen LogP contribution in [0.25, 0.3) is 10.2 Å². The number of thiophene rings is 1. The number of nitrogen functional groups attached to an aromatic ring is 1. The maximum Gasteiger partial charge on any atom is 0.263 e. The fraction of sp³-hybridized carbons (Fsp3) is 0.0909. The number of nitrogens with zero attached hydrogens (tertiary/aromatic N) is 1. The number of hydrogen-bond acceptors (Lipinski definition) is 4. The third-order valence-electron chi connectivity index (χ3n) is 2.10. The van der Waals surface area contributed by atoms with Crippen molar-refractivity contribution in [3.8, 4) is 0 Å². The van der Waals surface area contributed by atoms with Gasteiger partial charge in [-0.2, -0.15) is 0 Å².